The van der Waals surface area contributed by atoms with Crippen LogP contribution < -0.4 is 15.2 Å². The summed E-state index contributed by atoms with van der Waals surface area (Å²) in [6.07, 6.45) is 1.25. The van der Waals surface area contributed by atoms with Crippen LogP contribution in [0, 0.1) is 0 Å². The van der Waals surface area contributed by atoms with Crippen molar-refractivity contribution >= 4 is 21.8 Å². The van der Waals surface area contributed by atoms with E-state index in [9.17, 15) is 22.0 Å². The molecule has 11 heteroatoms. The van der Waals surface area contributed by atoms with Gasteiger partial charge in [-0.25, -0.2) is 10.1 Å². The molecule has 1 aromatic carbocycles. The Morgan fingerprint density at radius 1 is 1.23 bits per heavy atom. The van der Waals surface area contributed by atoms with E-state index in [1.807, 2.05) is 26.0 Å². The minimum Gasteiger partial charge on any atom is -0.415 e. The molecular formula is C19H22F2N4O4S. The minimum absolute atomic E-state index is 0.0433. The van der Waals surface area contributed by atoms with Crippen molar-refractivity contribution in [3.63, 3.8) is 0 Å². The number of benzene rings is 1. The highest BCUT2D eigenvalue weighted by atomic mass is 32.2. The average Bonchev–Trinajstić information content (AvgIpc) is 2.61. The number of pyridine rings is 1. The molecule has 0 spiro atoms. The molecule has 0 unspecified atom stereocenters. The fourth-order valence-corrected chi connectivity index (χ4v) is 4.32. The molecular weight excluding hydrogens is 418 g/mol. The van der Waals surface area contributed by atoms with Crippen LogP contribution in [-0.2, 0) is 20.4 Å². The van der Waals surface area contributed by atoms with Crippen LogP contribution in [0.2, 0.25) is 0 Å². The Hall–Kier alpha value is -2.63. The summed E-state index contributed by atoms with van der Waals surface area (Å²) in [6, 6.07) is 10.0. The topological polar surface area (TPSA) is 115 Å². The van der Waals surface area contributed by atoms with Gasteiger partial charge in [-0.05, 0) is 29.2 Å². The quantitative estimate of drug-likeness (QED) is 0.685. The first-order valence-electron chi connectivity index (χ1n) is 9.13. The number of alkyl halides is 2. The van der Waals surface area contributed by atoms with Crippen molar-refractivity contribution in [2.75, 3.05) is 18.4 Å². The van der Waals surface area contributed by atoms with Gasteiger partial charge in [-0.3, -0.25) is 4.79 Å². The molecule has 30 heavy (non-hydrogen) atoms. The standard InChI is InChI=1S/C19H22F2N4O4S/c1-12(2)13-6-3-4-7-14(13)19(10-25(11-19)30(22,27)28)17(26)24-15-8-5-9-23-16(15)29-18(20)21/h3-9,12,18H,10-11H2,1-2H3,(H,24,26)(H2,22,27,28). The lowest BCUT2D eigenvalue weighted by Crippen LogP contribution is -2.67. The highest BCUT2D eigenvalue weighted by molar-refractivity contribution is 7.86. The molecule has 0 atom stereocenters. The van der Waals surface area contributed by atoms with Crippen molar-refractivity contribution < 1.29 is 26.7 Å². The van der Waals surface area contributed by atoms with Gasteiger partial charge >= 0.3 is 6.61 Å². The molecule has 1 fully saturated rings. The number of aromatic nitrogens is 1. The van der Waals surface area contributed by atoms with Gasteiger partial charge in [-0.2, -0.15) is 21.5 Å². The van der Waals surface area contributed by atoms with Gasteiger partial charge in [0.15, 0.2) is 0 Å². The first-order valence-corrected chi connectivity index (χ1v) is 10.6. The monoisotopic (exact) mass is 440 g/mol. The van der Waals surface area contributed by atoms with Crippen molar-refractivity contribution in [1.29, 1.82) is 0 Å². The number of amides is 1. The molecule has 162 valence electrons. The maximum absolute atomic E-state index is 13.4. The summed E-state index contributed by atoms with van der Waals surface area (Å²) < 4.78 is 54.2. The molecule has 0 aliphatic carbocycles. The molecule has 3 rings (SSSR count). The van der Waals surface area contributed by atoms with Crippen LogP contribution in [0.25, 0.3) is 0 Å². The molecule has 1 aliphatic rings. The fraction of sp³-hybridized carbons (Fsp3) is 0.368. The summed E-state index contributed by atoms with van der Waals surface area (Å²) in [4.78, 5) is 17.1. The van der Waals surface area contributed by atoms with E-state index in [0.29, 0.717) is 5.56 Å². The van der Waals surface area contributed by atoms with E-state index in [1.54, 1.807) is 12.1 Å². The van der Waals surface area contributed by atoms with Gasteiger partial charge in [-0.15, -0.1) is 0 Å². The lowest BCUT2D eigenvalue weighted by molar-refractivity contribution is -0.125. The second kappa shape index (κ2) is 8.25. The second-order valence-corrected chi connectivity index (χ2v) is 8.87. The van der Waals surface area contributed by atoms with Crippen molar-refractivity contribution in [3.8, 4) is 5.88 Å². The molecule has 3 N–H and O–H groups in total. The summed E-state index contributed by atoms with van der Waals surface area (Å²) in [5, 5.41) is 7.80. The third-order valence-corrected chi connectivity index (χ3v) is 5.98. The molecule has 8 nitrogen and oxygen atoms in total. The number of nitrogens with two attached hydrogens (primary N) is 1. The largest absolute Gasteiger partial charge is 0.415 e. The third kappa shape index (κ3) is 4.27. The molecule has 1 aromatic heterocycles. The lowest BCUT2D eigenvalue weighted by atomic mass is 9.71. The fourth-order valence-electron chi connectivity index (χ4n) is 3.51. The molecule has 1 aliphatic heterocycles. The number of carbonyl (C=O) groups excluding carboxylic acids is 1. The molecule has 2 heterocycles. The van der Waals surface area contributed by atoms with Crippen molar-refractivity contribution in [3.05, 3.63) is 53.7 Å². The maximum atomic E-state index is 13.4. The van der Waals surface area contributed by atoms with Gasteiger partial charge in [0.1, 0.15) is 11.1 Å². The number of nitrogens with one attached hydrogen (secondary N) is 1. The Bertz CT molecular complexity index is 1040. The SMILES string of the molecule is CC(C)c1ccccc1C1(C(=O)Nc2cccnc2OC(F)F)CN(S(N)(=O)=O)C1. The lowest BCUT2D eigenvalue weighted by Gasteiger charge is -2.48. The molecule has 1 amide bonds. The number of hydrogen-bond acceptors (Lipinski definition) is 5. The van der Waals surface area contributed by atoms with Gasteiger partial charge < -0.3 is 10.1 Å². The number of hydrogen-bond donors (Lipinski definition) is 2. The van der Waals surface area contributed by atoms with E-state index in [1.165, 1.54) is 18.3 Å². The van der Waals surface area contributed by atoms with Crippen LogP contribution >= 0.6 is 0 Å². The zero-order chi connectivity index (χ0) is 22.1. The first-order chi connectivity index (χ1) is 14.0. The van der Waals surface area contributed by atoms with Crippen LogP contribution in [0.4, 0.5) is 14.5 Å². The number of nitrogens with zero attached hydrogens (tertiary/aromatic N) is 2. The van der Waals surface area contributed by atoms with Gasteiger partial charge in [0.25, 0.3) is 10.2 Å². The molecule has 0 radical (unpaired) electrons. The number of ether oxygens (including phenoxy) is 1. The Kier molecular flexibility index (Phi) is 6.06. The number of halogens is 2. The molecule has 0 saturated carbocycles. The summed E-state index contributed by atoms with van der Waals surface area (Å²) in [6.45, 7) is 0.444. The Morgan fingerprint density at radius 2 is 1.90 bits per heavy atom. The summed E-state index contributed by atoms with van der Waals surface area (Å²) >= 11 is 0. The Balaban J connectivity index is 2.01. The van der Waals surface area contributed by atoms with Crippen LogP contribution in [0.15, 0.2) is 42.6 Å². The Labute approximate surface area is 173 Å². The van der Waals surface area contributed by atoms with Crippen molar-refractivity contribution in [1.82, 2.24) is 9.29 Å². The van der Waals surface area contributed by atoms with Gasteiger partial charge in [0.2, 0.25) is 11.8 Å². The number of rotatable bonds is 7. The van der Waals surface area contributed by atoms with Crippen LogP contribution in [0.5, 0.6) is 5.88 Å². The van der Waals surface area contributed by atoms with E-state index >= 15 is 0 Å². The average molecular weight is 440 g/mol. The zero-order valence-corrected chi connectivity index (χ0v) is 17.2. The van der Waals surface area contributed by atoms with Crippen LogP contribution in [0.3, 0.4) is 0 Å². The predicted octanol–water partition coefficient (Wildman–Crippen LogP) is 2.20. The number of anilines is 1. The normalized spacial score (nSPS) is 16.4. The van der Waals surface area contributed by atoms with Gasteiger partial charge in [0, 0.05) is 19.3 Å². The van der Waals surface area contributed by atoms with E-state index in [2.05, 4.69) is 15.0 Å². The van der Waals surface area contributed by atoms with E-state index in [4.69, 9.17) is 5.14 Å². The second-order valence-electron chi connectivity index (χ2n) is 7.33. The Morgan fingerprint density at radius 3 is 2.50 bits per heavy atom. The number of carbonyl (C=O) groups is 1. The van der Waals surface area contributed by atoms with Crippen molar-refractivity contribution in [2.45, 2.75) is 31.8 Å². The van der Waals surface area contributed by atoms with Gasteiger partial charge in [0.05, 0.1) is 0 Å². The predicted molar refractivity (Wildman–Crippen MR) is 106 cm³/mol. The highest BCUT2D eigenvalue weighted by Gasteiger charge is 2.55. The van der Waals surface area contributed by atoms with E-state index in [0.717, 1.165) is 9.87 Å². The van der Waals surface area contributed by atoms with Crippen LogP contribution in [-0.4, -0.2) is 43.3 Å². The third-order valence-electron chi connectivity index (χ3n) is 5.01. The zero-order valence-electron chi connectivity index (χ0n) is 16.4. The maximum Gasteiger partial charge on any atom is 0.388 e. The summed E-state index contributed by atoms with van der Waals surface area (Å²) in [5.41, 5.74) is 0.235. The molecule has 2 aromatic rings. The molecule has 1 saturated heterocycles. The van der Waals surface area contributed by atoms with Crippen LogP contribution in [0.1, 0.15) is 30.9 Å². The van der Waals surface area contributed by atoms with E-state index in [-0.39, 0.29) is 24.7 Å². The molecule has 0 bridgehead atoms. The van der Waals surface area contributed by atoms with Crippen molar-refractivity contribution in [2.24, 2.45) is 5.14 Å². The van der Waals surface area contributed by atoms with E-state index < -0.39 is 34.0 Å². The van der Waals surface area contributed by atoms with Gasteiger partial charge in [-0.1, -0.05) is 38.1 Å². The highest BCUT2D eigenvalue weighted by Crippen LogP contribution is 2.41. The first kappa shape index (κ1) is 22.1. The summed E-state index contributed by atoms with van der Waals surface area (Å²) in [7, 11) is -3.99. The minimum atomic E-state index is -3.99. The summed E-state index contributed by atoms with van der Waals surface area (Å²) in [5.74, 6) is -0.941. The smallest absolute Gasteiger partial charge is 0.388 e.